The second-order valence-electron chi connectivity index (χ2n) is 6.17. The minimum Gasteiger partial charge on any atom is -0.382 e. The minimum atomic E-state index is -0.973. The molecule has 0 spiro atoms. The van der Waals surface area contributed by atoms with Gasteiger partial charge in [-0.1, -0.05) is 12.1 Å². The van der Waals surface area contributed by atoms with E-state index in [9.17, 15) is 9.90 Å². The van der Waals surface area contributed by atoms with Gasteiger partial charge in [0.15, 0.2) is 0 Å². The van der Waals surface area contributed by atoms with E-state index < -0.39 is 5.60 Å². The van der Waals surface area contributed by atoms with Gasteiger partial charge in [0.1, 0.15) is 11.3 Å². The number of para-hydroxylation sites is 1. The molecule has 0 amide bonds. The van der Waals surface area contributed by atoms with Crippen molar-refractivity contribution in [2.24, 2.45) is 0 Å². The van der Waals surface area contributed by atoms with Gasteiger partial charge < -0.3 is 5.11 Å². The van der Waals surface area contributed by atoms with Crippen molar-refractivity contribution in [1.82, 2.24) is 29.9 Å². The van der Waals surface area contributed by atoms with E-state index in [1.165, 1.54) is 0 Å². The van der Waals surface area contributed by atoms with Gasteiger partial charge in [-0.05, 0) is 18.6 Å². The summed E-state index contributed by atoms with van der Waals surface area (Å²) in [6.45, 7) is 2.43. The molecular weight excluding hydrogens is 308 g/mol. The van der Waals surface area contributed by atoms with Crippen molar-refractivity contribution in [3.05, 3.63) is 52.8 Å². The number of β-amino-alcohol motifs (C(OH)–C–C–N with tert-alkyl or cyclic N) is 1. The van der Waals surface area contributed by atoms with Gasteiger partial charge in [0.2, 0.25) is 0 Å². The molecular formula is C16H18N6O2. The average Bonchev–Trinajstić information content (AvgIpc) is 3.25. The second-order valence-corrected chi connectivity index (χ2v) is 6.17. The normalized spacial score (nSPS) is 21.5. The Balaban J connectivity index is 1.47. The summed E-state index contributed by atoms with van der Waals surface area (Å²) in [5, 5.41) is 21.6. The molecule has 0 saturated carbocycles. The Bertz CT molecular complexity index is 906. The van der Waals surface area contributed by atoms with E-state index in [4.69, 9.17) is 0 Å². The molecule has 0 radical (unpaired) electrons. The summed E-state index contributed by atoms with van der Waals surface area (Å²) < 4.78 is 1.62. The van der Waals surface area contributed by atoms with Crippen LogP contribution in [0.2, 0.25) is 0 Å². The van der Waals surface area contributed by atoms with Crippen molar-refractivity contribution >= 4 is 10.9 Å². The van der Waals surface area contributed by atoms with Gasteiger partial charge in [-0.3, -0.25) is 14.3 Å². The summed E-state index contributed by atoms with van der Waals surface area (Å²) in [4.78, 5) is 18.9. The molecule has 2 aromatic heterocycles. The van der Waals surface area contributed by atoms with Crippen molar-refractivity contribution in [1.29, 1.82) is 0 Å². The molecule has 8 nitrogen and oxygen atoms in total. The Morgan fingerprint density at radius 3 is 3.00 bits per heavy atom. The van der Waals surface area contributed by atoms with Crippen molar-refractivity contribution < 1.29 is 5.11 Å². The third kappa shape index (κ3) is 2.59. The van der Waals surface area contributed by atoms with E-state index in [0.717, 1.165) is 6.54 Å². The fraction of sp³-hybridized carbons (Fsp3) is 0.375. The van der Waals surface area contributed by atoms with E-state index >= 15 is 0 Å². The van der Waals surface area contributed by atoms with Crippen molar-refractivity contribution in [3.63, 3.8) is 0 Å². The van der Waals surface area contributed by atoms with E-state index in [2.05, 4.69) is 25.3 Å². The first-order chi connectivity index (χ1) is 11.7. The molecule has 1 fully saturated rings. The highest BCUT2D eigenvalue weighted by atomic mass is 16.3. The van der Waals surface area contributed by atoms with Crippen LogP contribution in [0, 0.1) is 0 Å². The summed E-state index contributed by atoms with van der Waals surface area (Å²) >= 11 is 0. The molecule has 1 aromatic carbocycles. The standard InChI is InChI=1S/C16H18N6O2/c23-15-12-3-1-2-4-13(12)17-11-22(15)8-7-21-6-5-16(24,10-21)14-9-18-20-19-14/h1-4,9,11,24H,5-8,10H2,(H,18,19,20)/t16-/m1/s1. The minimum absolute atomic E-state index is 0.0356. The molecule has 3 heterocycles. The van der Waals surface area contributed by atoms with Crippen LogP contribution in [0.5, 0.6) is 0 Å². The van der Waals surface area contributed by atoms with Crippen LogP contribution >= 0.6 is 0 Å². The monoisotopic (exact) mass is 326 g/mol. The molecule has 124 valence electrons. The number of hydrogen-bond acceptors (Lipinski definition) is 6. The number of fused-ring (bicyclic) bond motifs is 1. The Kier molecular flexibility index (Phi) is 3.62. The van der Waals surface area contributed by atoms with Gasteiger partial charge in [0, 0.05) is 26.2 Å². The van der Waals surface area contributed by atoms with Gasteiger partial charge in [-0.2, -0.15) is 15.4 Å². The van der Waals surface area contributed by atoms with Crippen molar-refractivity contribution in [2.45, 2.75) is 18.6 Å². The maximum Gasteiger partial charge on any atom is 0.261 e. The van der Waals surface area contributed by atoms with Crippen LogP contribution in [0.3, 0.4) is 0 Å². The molecule has 8 heteroatoms. The van der Waals surface area contributed by atoms with E-state index in [1.807, 2.05) is 18.2 Å². The highest BCUT2D eigenvalue weighted by Crippen LogP contribution is 2.29. The molecule has 1 aliphatic heterocycles. The Hall–Kier alpha value is -2.58. The first kappa shape index (κ1) is 15.0. The number of nitrogens with one attached hydrogen (secondary N) is 1. The number of benzene rings is 1. The fourth-order valence-electron chi connectivity index (χ4n) is 3.21. The van der Waals surface area contributed by atoms with Crippen molar-refractivity contribution in [2.75, 3.05) is 19.6 Å². The predicted molar refractivity (Wildman–Crippen MR) is 87.3 cm³/mol. The Labute approximate surface area is 137 Å². The van der Waals surface area contributed by atoms with Crippen LogP contribution in [0.25, 0.3) is 10.9 Å². The van der Waals surface area contributed by atoms with Crippen LogP contribution in [0.15, 0.2) is 41.6 Å². The van der Waals surface area contributed by atoms with Crippen LogP contribution in [0.1, 0.15) is 12.1 Å². The molecule has 1 aliphatic rings. The first-order valence-electron chi connectivity index (χ1n) is 7.91. The molecule has 4 rings (SSSR count). The number of hydrogen-bond donors (Lipinski definition) is 2. The van der Waals surface area contributed by atoms with Gasteiger partial charge in [0.05, 0.1) is 23.4 Å². The molecule has 3 aromatic rings. The maximum atomic E-state index is 12.5. The van der Waals surface area contributed by atoms with Gasteiger partial charge in [0.25, 0.3) is 5.56 Å². The average molecular weight is 326 g/mol. The number of nitrogens with zero attached hydrogens (tertiary/aromatic N) is 5. The third-order valence-corrected chi connectivity index (χ3v) is 4.61. The van der Waals surface area contributed by atoms with E-state index in [1.54, 1.807) is 23.2 Å². The maximum absolute atomic E-state index is 12.5. The fourth-order valence-corrected chi connectivity index (χ4v) is 3.21. The number of aromatic amines is 1. The lowest BCUT2D eigenvalue weighted by molar-refractivity contribution is 0.0413. The largest absolute Gasteiger partial charge is 0.382 e. The number of H-pyrrole nitrogens is 1. The lowest BCUT2D eigenvalue weighted by Gasteiger charge is -2.21. The number of aromatic nitrogens is 5. The van der Waals surface area contributed by atoms with E-state index in [-0.39, 0.29) is 5.56 Å². The van der Waals surface area contributed by atoms with Crippen LogP contribution in [0.4, 0.5) is 0 Å². The summed E-state index contributed by atoms with van der Waals surface area (Å²) in [6, 6.07) is 7.34. The molecule has 2 N–H and O–H groups in total. The smallest absolute Gasteiger partial charge is 0.261 e. The number of rotatable bonds is 4. The lowest BCUT2D eigenvalue weighted by atomic mass is 10.0. The van der Waals surface area contributed by atoms with E-state index in [0.29, 0.717) is 42.7 Å². The SMILES string of the molecule is O=c1c2ccccc2ncn1CCN1CC[C@](O)(c2cn[nH]n2)C1. The molecule has 0 bridgehead atoms. The quantitative estimate of drug-likeness (QED) is 0.706. The van der Waals surface area contributed by atoms with Crippen LogP contribution in [-0.2, 0) is 12.1 Å². The summed E-state index contributed by atoms with van der Waals surface area (Å²) in [5.74, 6) is 0. The van der Waals surface area contributed by atoms with Crippen LogP contribution in [-0.4, -0.2) is 54.6 Å². The summed E-state index contributed by atoms with van der Waals surface area (Å²) in [5.41, 5.74) is 0.265. The van der Waals surface area contributed by atoms with Crippen molar-refractivity contribution in [3.8, 4) is 0 Å². The first-order valence-corrected chi connectivity index (χ1v) is 7.91. The molecule has 1 atom stereocenters. The number of aliphatic hydroxyl groups is 1. The Morgan fingerprint density at radius 1 is 1.29 bits per heavy atom. The zero-order valence-corrected chi connectivity index (χ0v) is 13.1. The predicted octanol–water partition coefficient (Wildman–Crippen LogP) is 0.108. The topological polar surface area (TPSA) is 99.9 Å². The molecule has 0 aliphatic carbocycles. The van der Waals surface area contributed by atoms with Gasteiger partial charge in [-0.15, -0.1) is 0 Å². The van der Waals surface area contributed by atoms with Gasteiger partial charge in [-0.25, -0.2) is 4.98 Å². The molecule has 24 heavy (non-hydrogen) atoms. The lowest BCUT2D eigenvalue weighted by Crippen LogP contribution is -2.34. The Morgan fingerprint density at radius 2 is 2.17 bits per heavy atom. The second kappa shape index (κ2) is 5.81. The van der Waals surface area contributed by atoms with Gasteiger partial charge >= 0.3 is 0 Å². The summed E-state index contributed by atoms with van der Waals surface area (Å²) in [7, 11) is 0. The zero-order valence-electron chi connectivity index (χ0n) is 13.1. The highest BCUT2D eigenvalue weighted by molar-refractivity contribution is 5.76. The molecule has 0 unspecified atom stereocenters. The highest BCUT2D eigenvalue weighted by Gasteiger charge is 2.39. The zero-order chi connectivity index (χ0) is 16.6. The van der Waals surface area contributed by atoms with Crippen LogP contribution < -0.4 is 5.56 Å². The molecule has 1 saturated heterocycles. The summed E-state index contributed by atoms with van der Waals surface area (Å²) in [6.07, 6.45) is 3.75. The third-order valence-electron chi connectivity index (χ3n) is 4.61. The number of likely N-dealkylation sites (tertiary alicyclic amines) is 1.